The van der Waals surface area contributed by atoms with Crippen LogP contribution >= 0.6 is 0 Å². The second-order valence-corrected chi connectivity index (χ2v) is 7.89. The first-order valence-electron chi connectivity index (χ1n) is 9.89. The summed E-state index contributed by atoms with van der Waals surface area (Å²) in [4.78, 5) is 24.2. The quantitative estimate of drug-likeness (QED) is 0.672. The highest BCUT2D eigenvalue weighted by Gasteiger charge is 2.22. The highest BCUT2D eigenvalue weighted by atomic mass is 19.1. The molecule has 0 fully saturated rings. The molecule has 2 aromatic carbocycles. The number of carbonyl (C=O) groups excluding carboxylic acids is 2. The lowest BCUT2D eigenvalue weighted by atomic mass is 10.2. The van der Waals surface area contributed by atoms with Crippen molar-refractivity contribution in [2.24, 2.45) is 0 Å². The van der Waals surface area contributed by atoms with Crippen LogP contribution < -0.4 is 15.4 Å². The van der Waals surface area contributed by atoms with E-state index < -0.39 is 17.7 Å². The average molecular weight is 416 g/mol. The standard InChI is InChI=1S/C23H29FN2O4/c1-5-20(26-22(28)30-23(2,3)4)21(27)25-14-16-9-11-19(12-10-16)29-15-17-7-6-8-18(24)13-17/h6-13,20H,5,14-15H2,1-4H3,(H,25,27)(H,26,28). The summed E-state index contributed by atoms with van der Waals surface area (Å²) < 4.78 is 24.0. The van der Waals surface area contributed by atoms with Gasteiger partial charge in [0.2, 0.25) is 5.91 Å². The van der Waals surface area contributed by atoms with E-state index in [0.29, 0.717) is 18.7 Å². The van der Waals surface area contributed by atoms with E-state index in [1.54, 1.807) is 45.0 Å². The Kier molecular flexibility index (Phi) is 8.21. The van der Waals surface area contributed by atoms with Gasteiger partial charge >= 0.3 is 6.09 Å². The number of halogens is 1. The number of hydrogen-bond donors (Lipinski definition) is 2. The molecule has 1 unspecified atom stereocenters. The third-order valence-electron chi connectivity index (χ3n) is 4.10. The van der Waals surface area contributed by atoms with Crippen molar-refractivity contribution < 1.29 is 23.5 Å². The van der Waals surface area contributed by atoms with Crippen molar-refractivity contribution in [3.05, 3.63) is 65.5 Å². The lowest BCUT2D eigenvalue weighted by Crippen LogP contribution is -2.47. The second-order valence-electron chi connectivity index (χ2n) is 7.89. The Hall–Kier alpha value is -3.09. The summed E-state index contributed by atoms with van der Waals surface area (Å²) in [5, 5.41) is 5.39. The Morgan fingerprint density at radius 1 is 1.07 bits per heavy atom. The van der Waals surface area contributed by atoms with E-state index >= 15 is 0 Å². The molecule has 6 nitrogen and oxygen atoms in total. The van der Waals surface area contributed by atoms with Crippen LogP contribution in [-0.2, 0) is 22.7 Å². The summed E-state index contributed by atoms with van der Waals surface area (Å²) in [6.07, 6.45) is -0.179. The molecular weight excluding hydrogens is 387 g/mol. The van der Waals surface area contributed by atoms with Crippen molar-refractivity contribution in [1.82, 2.24) is 10.6 Å². The largest absolute Gasteiger partial charge is 0.489 e. The first-order chi connectivity index (χ1) is 14.2. The number of ether oxygens (including phenoxy) is 2. The molecule has 0 aromatic heterocycles. The molecule has 0 saturated carbocycles. The summed E-state index contributed by atoms with van der Waals surface area (Å²) in [7, 11) is 0. The van der Waals surface area contributed by atoms with Gasteiger partial charge in [0.15, 0.2) is 0 Å². The molecule has 162 valence electrons. The third kappa shape index (κ3) is 8.11. The maximum absolute atomic E-state index is 13.2. The lowest BCUT2D eigenvalue weighted by Gasteiger charge is -2.22. The lowest BCUT2D eigenvalue weighted by molar-refractivity contribution is -0.123. The van der Waals surface area contributed by atoms with Crippen LogP contribution in [0.3, 0.4) is 0 Å². The van der Waals surface area contributed by atoms with Crippen LogP contribution in [-0.4, -0.2) is 23.6 Å². The van der Waals surface area contributed by atoms with Crippen LogP contribution in [0, 0.1) is 5.82 Å². The maximum Gasteiger partial charge on any atom is 0.408 e. The van der Waals surface area contributed by atoms with Crippen LogP contribution in [0.4, 0.5) is 9.18 Å². The number of carbonyl (C=O) groups is 2. The first kappa shape index (κ1) is 23.2. The van der Waals surface area contributed by atoms with Crippen LogP contribution in [0.15, 0.2) is 48.5 Å². The second kappa shape index (κ2) is 10.6. The minimum absolute atomic E-state index is 0.266. The van der Waals surface area contributed by atoms with E-state index in [1.165, 1.54) is 12.1 Å². The zero-order chi connectivity index (χ0) is 22.1. The predicted molar refractivity (Wildman–Crippen MR) is 112 cm³/mol. The maximum atomic E-state index is 13.2. The fourth-order valence-electron chi connectivity index (χ4n) is 2.61. The molecule has 7 heteroatoms. The molecule has 2 aromatic rings. The number of amides is 2. The SMILES string of the molecule is CCC(NC(=O)OC(C)(C)C)C(=O)NCc1ccc(OCc2cccc(F)c2)cc1. The van der Waals surface area contributed by atoms with Crippen molar-refractivity contribution in [2.45, 2.75) is 58.9 Å². The van der Waals surface area contributed by atoms with Gasteiger partial charge in [0.25, 0.3) is 0 Å². The number of alkyl carbamates (subject to hydrolysis) is 1. The molecule has 2 amide bonds. The van der Waals surface area contributed by atoms with Gasteiger partial charge in [-0.1, -0.05) is 31.2 Å². The summed E-state index contributed by atoms with van der Waals surface area (Å²) in [6, 6.07) is 12.8. The van der Waals surface area contributed by atoms with Gasteiger partial charge in [0.1, 0.15) is 29.8 Å². The fraction of sp³-hybridized carbons (Fsp3) is 0.391. The zero-order valence-electron chi connectivity index (χ0n) is 17.8. The number of nitrogens with one attached hydrogen (secondary N) is 2. The summed E-state index contributed by atoms with van der Waals surface area (Å²) in [5.74, 6) is 0.0656. The van der Waals surface area contributed by atoms with Gasteiger partial charge in [-0.05, 0) is 62.6 Å². The molecule has 0 aliphatic rings. The monoisotopic (exact) mass is 416 g/mol. The van der Waals surface area contributed by atoms with Crippen molar-refractivity contribution in [1.29, 1.82) is 0 Å². The predicted octanol–water partition coefficient (Wildman–Crippen LogP) is 4.32. The highest BCUT2D eigenvalue weighted by molar-refractivity contribution is 5.85. The Morgan fingerprint density at radius 2 is 1.77 bits per heavy atom. The van der Waals surface area contributed by atoms with Crippen molar-refractivity contribution in [2.75, 3.05) is 0 Å². The van der Waals surface area contributed by atoms with E-state index in [0.717, 1.165) is 11.1 Å². The minimum Gasteiger partial charge on any atom is -0.489 e. The molecule has 2 rings (SSSR count). The van der Waals surface area contributed by atoms with Crippen LogP contribution in [0.25, 0.3) is 0 Å². The van der Waals surface area contributed by atoms with E-state index in [2.05, 4.69) is 10.6 Å². The van der Waals surface area contributed by atoms with E-state index in [9.17, 15) is 14.0 Å². The van der Waals surface area contributed by atoms with E-state index in [-0.39, 0.29) is 18.3 Å². The number of benzene rings is 2. The Morgan fingerprint density at radius 3 is 2.37 bits per heavy atom. The Balaban J connectivity index is 1.81. The van der Waals surface area contributed by atoms with Gasteiger partial charge in [0, 0.05) is 6.54 Å². The zero-order valence-corrected chi connectivity index (χ0v) is 17.8. The molecule has 0 aliphatic carbocycles. The molecule has 2 N–H and O–H groups in total. The van der Waals surface area contributed by atoms with Crippen molar-refractivity contribution in [3.63, 3.8) is 0 Å². The van der Waals surface area contributed by atoms with Gasteiger partial charge in [0.05, 0.1) is 0 Å². The van der Waals surface area contributed by atoms with E-state index in [4.69, 9.17) is 9.47 Å². The van der Waals surface area contributed by atoms with Gasteiger partial charge in [-0.2, -0.15) is 0 Å². The van der Waals surface area contributed by atoms with Gasteiger partial charge in [-0.3, -0.25) is 4.79 Å². The smallest absolute Gasteiger partial charge is 0.408 e. The van der Waals surface area contributed by atoms with Gasteiger partial charge < -0.3 is 20.1 Å². The van der Waals surface area contributed by atoms with E-state index in [1.807, 2.05) is 19.1 Å². The molecule has 0 bridgehead atoms. The van der Waals surface area contributed by atoms with Gasteiger partial charge in [-0.15, -0.1) is 0 Å². The average Bonchev–Trinajstić information content (AvgIpc) is 2.68. The minimum atomic E-state index is -0.672. The molecule has 0 spiro atoms. The van der Waals surface area contributed by atoms with Crippen LogP contribution in [0.5, 0.6) is 5.75 Å². The molecule has 0 radical (unpaired) electrons. The summed E-state index contributed by atoms with van der Waals surface area (Å²) in [5.41, 5.74) is 1.00. The molecule has 0 saturated heterocycles. The first-order valence-corrected chi connectivity index (χ1v) is 9.89. The summed E-state index contributed by atoms with van der Waals surface area (Å²) in [6.45, 7) is 7.68. The normalized spacial score (nSPS) is 12.0. The van der Waals surface area contributed by atoms with Crippen LogP contribution in [0.1, 0.15) is 45.2 Å². The summed E-state index contributed by atoms with van der Waals surface area (Å²) >= 11 is 0. The molecular formula is C23H29FN2O4. The molecule has 0 aliphatic heterocycles. The fourth-order valence-corrected chi connectivity index (χ4v) is 2.61. The molecule has 30 heavy (non-hydrogen) atoms. The number of hydrogen-bond acceptors (Lipinski definition) is 4. The van der Waals surface area contributed by atoms with Crippen LogP contribution in [0.2, 0.25) is 0 Å². The highest BCUT2D eigenvalue weighted by Crippen LogP contribution is 2.15. The van der Waals surface area contributed by atoms with Crippen molar-refractivity contribution in [3.8, 4) is 5.75 Å². The molecule has 0 heterocycles. The number of rotatable bonds is 8. The van der Waals surface area contributed by atoms with Gasteiger partial charge in [-0.25, -0.2) is 9.18 Å². The Labute approximate surface area is 176 Å². The molecule has 1 atom stereocenters. The third-order valence-corrected chi connectivity index (χ3v) is 4.10. The topological polar surface area (TPSA) is 76.7 Å². The Bertz CT molecular complexity index is 847. The van der Waals surface area contributed by atoms with Crippen molar-refractivity contribution >= 4 is 12.0 Å².